The molecule has 4 rings (SSSR count). The lowest BCUT2D eigenvalue weighted by atomic mass is 10.1. The molecule has 0 saturated carbocycles. The zero-order valence-corrected chi connectivity index (χ0v) is 14.1. The van der Waals surface area contributed by atoms with Crippen LogP contribution < -0.4 is 5.56 Å². The first-order valence-electron chi connectivity index (χ1n) is 7.85. The van der Waals surface area contributed by atoms with Gasteiger partial charge in [0, 0.05) is 48.5 Å². The van der Waals surface area contributed by atoms with Gasteiger partial charge in [-0.3, -0.25) is 14.7 Å². The van der Waals surface area contributed by atoms with Crippen LogP contribution in [0.3, 0.4) is 0 Å². The quantitative estimate of drug-likeness (QED) is 0.791. The predicted molar refractivity (Wildman–Crippen MR) is 92.8 cm³/mol. The maximum atomic E-state index is 12.5. The van der Waals surface area contributed by atoms with Crippen molar-refractivity contribution in [1.82, 2.24) is 24.8 Å². The summed E-state index contributed by atoms with van der Waals surface area (Å²) in [6.07, 6.45) is 6.09. The molecule has 0 fully saturated rings. The fourth-order valence-electron chi connectivity index (χ4n) is 2.92. The number of thiazole rings is 1. The molecule has 4 heterocycles. The van der Waals surface area contributed by atoms with Gasteiger partial charge in [-0.25, -0.2) is 9.97 Å². The van der Waals surface area contributed by atoms with E-state index in [2.05, 4.69) is 31.8 Å². The zero-order valence-electron chi connectivity index (χ0n) is 13.3. The first-order chi connectivity index (χ1) is 11.7. The number of aromatic amines is 1. The molecular formula is C17H17N5OS. The van der Waals surface area contributed by atoms with Gasteiger partial charge < -0.3 is 4.98 Å². The molecule has 0 spiro atoms. The van der Waals surface area contributed by atoms with Crippen molar-refractivity contribution in [3.05, 3.63) is 62.2 Å². The van der Waals surface area contributed by atoms with Crippen LogP contribution in [0.15, 0.2) is 35.5 Å². The topological polar surface area (TPSA) is 74.8 Å². The largest absolute Gasteiger partial charge is 0.306 e. The van der Waals surface area contributed by atoms with E-state index in [1.165, 1.54) is 4.88 Å². The molecule has 6 nitrogen and oxygen atoms in total. The standard InChI is InChI=1S/C17H17N5OS/c1-11-7-19-15(24-11)10-22-6-4-14-13(9-22)17(23)21-16(20-14)12-3-2-5-18-8-12/h2-3,5,7-8H,4,6,9-10H2,1H3,(H,20,21,23). The molecular weight excluding hydrogens is 322 g/mol. The van der Waals surface area contributed by atoms with Crippen molar-refractivity contribution < 1.29 is 0 Å². The highest BCUT2D eigenvalue weighted by Crippen LogP contribution is 2.20. The molecule has 7 heteroatoms. The van der Waals surface area contributed by atoms with Gasteiger partial charge in [-0.15, -0.1) is 11.3 Å². The number of nitrogens with one attached hydrogen (secondary N) is 1. The average molecular weight is 339 g/mol. The van der Waals surface area contributed by atoms with E-state index in [1.54, 1.807) is 23.7 Å². The van der Waals surface area contributed by atoms with Crippen LogP contribution >= 0.6 is 11.3 Å². The summed E-state index contributed by atoms with van der Waals surface area (Å²) < 4.78 is 0. The SMILES string of the molecule is Cc1cnc(CN2CCc3nc(-c4cccnc4)[nH]c(=O)c3C2)s1. The average Bonchev–Trinajstić information content (AvgIpc) is 3.01. The fourth-order valence-corrected chi connectivity index (χ4v) is 3.75. The molecule has 3 aromatic heterocycles. The van der Waals surface area contributed by atoms with Crippen LogP contribution in [0.1, 0.15) is 21.1 Å². The normalized spacial score (nSPS) is 14.5. The predicted octanol–water partition coefficient (Wildman–Crippen LogP) is 2.16. The third-order valence-electron chi connectivity index (χ3n) is 4.11. The number of pyridine rings is 1. The van der Waals surface area contributed by atoms with E-state index < -0.39 is 0 Å². The van der Waals surface area contributed by atoms with Crippen LogP contribution in [-0.2, 0) is 19.5 Å². The van der Waals surface area contributed by atoms with Gasteiger partial charge in [0.1, 0.15) is 10.8 Å². The summed E-state index contributed by atoms with van der Waals surface area (Å²) in [4.78, 5) is 32.0. The van der Waals surface area contributed by atoms with Gasteiger partial charge >= 0.3 is 0 Å². The summed E-state index contributed by atoms with van der Waals surface area (Å²) in [6, 6.07) is 3.74. The lowest BCUT2D eigenvalue weighted by Gasteiger charge is -2.26. The Labute approximate surface area is 143 Å². The fraction of sp³-hybridized carbons (Fsp3) is 0.294. The van der Waals surface area contributed by atoms with Gasteiger partial charge in [-0.05, 0) is 19.1 Å². The molecule has 0 amide bonds. The Kier molecular flexibility index (Phi) is 3.95. The first kappa shape index (κ1) is 15.2. The summed E-state index contributed by atoms with van der Waals surface area (Å²) >= 11 is 1.71. The number of aryl methyl sites for hydroxylation is 1. The lowest BCUT2D eigenvalue weighted by molar-refractivity contribution is 0.241. The summed E-state index contributed by atoms with van der Waals surface area (Å²) in [7, 11) is 0. The first-order valence-corrected chi connectivity index (χ1v) is 8.67. The molecule has 0 aliphatic carbocycles. The minimum absolute atomic E-state index is 0.0566. The van der Waals surface area contributed by atoms with Gasteiger partial charge in [0.15, 0.2) is 0 Å². The van der Waals surface area contributed by atoms with Crippen LogP contribution in [0, 0.1) is 6.92 Å². The van der Waals surface area contributed by atoms with Crippen molar-refractivity contribution in [3.63, 3.8) is 0 Å². The molecule has 0 bridgehead atoms. The number of aromatic nitrogens is 4. The lowest BCUT2D eigenvalue weighted by Crippen LogP contribution is -2.35. The van der Waals surface area contributed by atoms with Crippen molar-refractivity contribution >= 4 is 11.3 Å². The molecule has 0 atom stereocenters. The molecule has 1 N–H and O–H groups in total. The second kappa shape index (κ2) is 6.26. The highest BCUT2D eigenvalue weighted by Gasteiger charge is 2.22. The monoisotopic (exact) mass is 339 g/mol. The van der Waals surface area contributed by atoms with E-state index in [4.69, 9.17) is 0 Å². The minimum Gasteiger partial charge on any atom is -0.306 e. The third kappa shape index (κ3) is 3.00. The van der Waals surface area contributed by atoms with Crippen LogP contribution in [0.4, 0.5) is 0 Å². The number of fused-ring (bicyclic) bond motifs is 1. The third-order valence-corrected chi connectivity index (χ3v) is 5.01. The zero-order chi connectivity index (χ0) is 16.5. The Bertz CT molecular complexity index is 918. The second-order valence-electron chi connectivity index (χ2n) is 5.91. The number of hydrogen-bond donors (Lipinski definition) is 1. The van der Waals surface area contributed by atoms with E-state index in [9.17, 15) is 4.79 Å². The molecule has 0 radical (unpaired) electrons. The van der Waals surface area contributed by atoms with Crippen molar-refractivity contribution in [2.45, 2.75) is 26.4 Å². The van der Waals surface area contributed by atoms with E-state index >= 15 is 0 Å². The molecule has 3 aromatic rings. The minimum atomic E-state index is -0.0566. The summed E-state index contributed by atoms with van der Waals surface area (Å²) in [5.41, 5.74) is 2.43. The molecule has 24 heavy (non-hydrogen) atoms. The Morgan fingerprint density at radius 1 is 1.38 bits per heavy atom. The molecule has 1 aliphatic heterocycles. The molecule has 0 unspecified atom stereocenters. The number of hydrogen-bond acceptors (Lipinski definition) is 6. The van der Waals surface area contributed by atoms with Gasteiger partial charge in [-0.2, -0.15) is 0 Å². The Morgan fingerprint density at radius 2 is 2.29 bits per heavy atom. The second-order valence-corrected chi connectivity index (χ2v) is 7.23. The van der Waals surface area contributed by atoms with Gasteiger partial charge in [0.2, 0.25) is 0 Å². The molecule has 0 aromatic carbocycles. The number of H-pyrrole nitrogens is 1. The van der Waals surface area contributed by atoms with Gasteiger partial charge in [0.25, 0.3) is 5.56 Å². The van der Waals surface area contributed by atoms with Crippen LogP contribution in [0.25, 0.3) is 11.4 Å². The Balaban J connectivity index is 1.59. The van der Waals surface area contributed by atoms with Gasteiger partial charge in [-0.1, -0.05) is 0 Å². The smallest absolute Gasteiger partial charge is 0.255 e. The highest BCUT2D eigenvalue weighted by atomic mass is 32.1. The van der Waals surface area contributed by atoms with Crippen molar-refractivity contribution in [2.24, 2.45) is 0 Å². The Hall–Kier alpha value is -2.38. The highest BCUT2D eigenvalue weighted by molar-refractivity contribution is 7.11. The van der Waals surface area contributed by atoms with Crippen molar-refractivity contribution in [1.29, 1.82) is 0 Å². The van der Waals surface area contributed by atoms with E-state index in [0.29, 0.717) is 12.4 Å². The van der Waals surface area contributed by atoms with E-state index in [0.717, 1.165) is 41.3 Å². The van der Waals surface area contributed by atoms with E-state index in [1.807, 2.05) is 18.3 Å². The molecule has 1 aliphatic rings. The summed E-state index contributed by atoms with van der Waals surface area (Å²) in [5.74, 6) is 0.593. The molecule has 0 saturated heterocycles. The number of nitrogens with zero attached hydrogens (tertiary/aromatic N) is 4. The number of rotatable bonds is 3. The summed E-state index contributed by atoms with van der Waals surface area (Å²) in [5, 5.41) is 1.09. The van der Waals surface area contributed by atoms with Crippen LogP contribution in [0.5, 0.6) is 0 Å². The van der Waals surface area contributed by atoms with Gasteiger partial charge in [0.05, 0.1) is 17.8 Å². The van der Waals surface area contributed by atoms with E-state index in [-0.39, 0.29) is 5.56 Å². The maximum absolute atomic E-state index is 12.5. The molecule has 122 valence electrons. The Morgan fingerprint density at radius 3 is 3.04 bits per heavy atom. The van der Waals surface area contributed by atoms with Crippen LogP contribution in [0.2, 0.25) is 0 Å². The van der Waals surface area contributed by atoms with Crippen molar-refractivity contribution in [2.75, 3.05) is 6.54 Å². The maximum Gasteiger partial charge on any atom is 0.255 e. The van der Waals surface area contributed by atoms with Crippen molar-refractivity contribution in [3.8, 4) is 11.4 Å². The summed E-state index contributed by atoms with van der Waals surface area (Å²) in [6.45, 7) is 4.33. The van der Waals surface area contributed by atoms with Crippen LogP contribution in [-0.4, -0.2) is 31.4 Å².